The molecule has 1 aliphatic heterocycles. The zero-order chi connectivity index (χ0) is 20.8. The third-order valence-corrected chi connectivity index (χ3v) is 5.94. The van der Waals surface area contributed by atoms with Crippen molar-refractivity contribution in [3.63, 3.8) is 0 Å². The third kappa shape index (κ3) is 5.41. The van der Waals surface area contributed by atoms with E-state index in [-0.39, 0.29) is 11.6 Å². The average molecular weight is 461 g/mol. The van der Waals surface area contributed by atoms with Crippen LogP contribution < -0.4 is 10.6 Å². The summed E-state index contributed by atoms with van der Waals surface area (Å²) in [5.74, 6) is -0.202. The van der Waals surface area contributed by atoms with E-state index in [1.54, 1.807) is 0 Å². The molecule has 2 atom stereocenters. The van der Waals surface area contributed by atoms with E-state index in [1.165, 1.54) is 24.6 Å². The summed E-state index contributed by atoms with van der Waals surface area (Å²) in [6, 6.07) is 13.8. The highest BCUT2D eigenvalue weighted by molar-refractivity contribution is 9.10. The summed E-state index contributed by atoms with van der Waals surface area (Å²) in [7, 11) is 0. The Morgan fingerprint density at radius 1 is 1.31 bits per heavy atom. The number of nitro benzene ring substituents is 1. The molecule has 8 heteroatoms. The number of rotatable bonds is 8. The Hall–Kier alpha value is -2.29. The maximum absolute atomic E-state index is 13.1. The van der Waals surface area contributed by atoms with Crippen molar-refractivity contribution in [3.05, 3.63) is 68.7 Å². The lowest BCUT2D eigenvalue weighted by Crippen LogP contribution is -2.42. The zero-order valence-electron chi connectivity index (χ0n) is 16.3. The van der Waals surface area contributed by atoms with E-state index in [2.05, 4.69) is 38.4 Å². The SMILES string of the molecule is CCN1CCC[C@H]1CN[C@H](C(=O)Nc1ccc([N+](=O)[O-])cc1Br)c1ccccc1. The first-order valence-corrected chi connectivity index (χ1v) is 10.6. The lowest BCUT2D eigenvalue weighted by Gasteiger charge is -2.26. The molecule has 0 unspecified atom stereocenters. The number of benzene rings is 2. The zero-order valence-corrected chi connectivity index (χ0v) is 17.9. The fraction of sp³-hybridized carbons (Fsp3) is 0.381. The molecule has 0 radical (unpaired) electrons. The molecule has 1 saturated heterocycles. The molecule has 0 saturated carbocycles. The minimum atomic E-state index is -0.516. The topological polar surface area (TPSA) is 87.5 Å². The monoisotopic (exact) mass is 460 g/mol. The molecule has 0 aromatic heterocycles. The highest BCUT2D eigenvalue weighted by Crippen LogP contribution is 2.28. The molecule has 0 spiro atoms. The van der Waals surface area contributed by atoms with Crippen LogP contribution in [0, 0.1) is 10.1 Å². The summed E-state index contributed by atoms with van der Waals surface area (Å²) < 4.78 is 0.472. The fourth-order valence-corrected chi connectivity index (χ4v) is 4.19. The summed E-state index contributed by atoms with van der Waals surface area (Å²) >= 11 is 3.31. The van der Waals surface area contributed by atoms with E-state index < -0.39 is 11.0 Å². The van der Waals surface area contributed by atoms with E-state index in [9.17, 15) is 14.9 Å². The third-order valence-electron chi connectivity index (χ3n) is 5.28. The van der Waals surface area contributed by atoms with Crippen molar-refractivity contribution < 1.29 is 9.72 Å². The number of hydrogen-bond donors (Lipinski definition) is 2. The first-order valence-electron chi connectivity index (χ1n) is 9.76. The molecule has 1 heterocycles. The number of likely N-dealkylation sites (N-methyl/N-ethyl adjacent to an activating group) is 1. The number of carbonyl (C=O) groups excluding carboxylic acids is 1. The maximum atomic E-state index is 13.1. The van der Waals surface area contributed by atoms with E-state index in [1.807, 2.05) is 30.3 Å². The Balaban J connectivity index is 1.75. The summed E-state index contributed by atoms with van der Waals surface area (Å²) in [6.07, 6.45) is 2.30. The molecule has 2 aromatic carbocycles. The molecular weight excluding hydrogens is 436 g/mol. The minimum absolute atomic E-state index is 0.0338. The number of likely N-dealkylation sites (tertiary alicyclic amines) is 1. The van der Waals surface area contributed by atoms with Crippen molar-refractivity contribution in [1.29, 1.82) is 0 Å². The number of hydrogen-bond acceptors (Lipinski definition) is 5. The van der Waals surface area contributed by atoms with Gasteiger partial charge in [-0.2, -0.15) is 0 Å². The second-order valence-electron chi connectivity index (χ2n) is 7.09. The van der Waals surface area contributed by atoms with Crippen molar-refractivity contribution >= 4 is 33.2 Å². The molecule has 0 bridgehead atoms. The summed E-state index contributed by atoms with van der Waals surface area (Å²) in [5.41, 5.74) is 1.34. The van der Waals surface area contributed by atoms with E-state index >= 15 is 0 Å². The Labute approximate surface area is 178 Å². The molecule has 29 heavy (non-hydrogen) atoms. The minimum Gasteiger partial charge on any atom is -0.323 e. The van der Waals surface area contributed by atoms with Crippen LogP contribution >= 0.6 is 15.9 Å². The number of nitro groups is 1. The largest absolute Gasteiger partial charge is 0.323 e. The molecule has 0 aliphatic carbocycles. The van der Waals surface area contributed by atoms with Gasteiger partial charge in [0.1, 0.15) is 6.04 Å². The number of non-ortho nitro benzene ring substituents is 1. The first kappa shape index (κ1) is 21.4. The standard InChI is InChI=1S/C21H25BrN4O3/c1-2-25-12-6-9-17(25)14-23-20(15-7-4-3-5-8-15)21(27)24-19-11-10-16(26(28)29)13-18(19)22/h3-5,7-8,10-11,13,17,20,23H,2,6,9,12,14H2,1H3,(H,24,27)/t17-,20-/m0/s1. The van der Waals surface area contributed by atoms with Crippen LogP contribution in [0.1, 0.15) is 31.4 Å². The van der Waals surface area contributed by atoms with Crippen molar-refractivity contribution in [2.75, 3.05) is 25.0 Å². The molecule has 2 N–H and O–H groups in total. The Kier molecular flexibility index (Phi) is 7.35. The number of carbonyl (C=O) groups is 1. The number of amides is 1. The predicted molar refractivity (Wildman–Crippen MR) is 117 cm³/mol. The predicted octanol–water partition coefficient (Wildman–Crippen LogP) is 4.11. The number of nitrogens with zero attached hydrogens (tertiary/aromatic N) is 2. The van der Waals surface area contributed by atoms with Gasteiger partial charge in [-0.3, -0.25) is 19.8 Å². The van der Waals surface area contributed by atoms with E-state index in [0.29, 0.717) is 16.2 Å². The van der Waals surface area contributed by atoms with Crippen LogP contribution in [0.2, 0.25) is 0 Å². The molecule has 3 rings (SSSR count). The molecule has 1 fully saturated rings. The first-order chi connectivity index (χ1) is 14.0. The Morgan fingerprint density at radius 2 is 2.07 bits per heavy atom. The second-order valence-corrected chi connectivity index (χ2v) is 7.94. The van der Waals surface area contributed by atoms with Crippen LogP contribution in [0.4, 0.5) is 11.4 Å². The van der Waals surface area contributed by atoms with Crippen LogP contribution in [-0.2, 0) is 4.79 Å². The Morgan fingerprint density at radius 3 is 2.72 bits per heavy atom. The summed E-state index contributed by atoms with van der Waals surface area (Å²) in [5, 5.41) is 17.3. The number of halogens is 1. The maximum Gasteiger partial charge on any atom is 0.270 e. The van der Waals surface area contributed by atoms with Gasteiger partial charge in [-0.05, 0) is 53.5 Å². The summed E-state index contributed by atoms with van der Waals surface area (Å²) in [6.45, 7) is 4.99. The van der Waals surface area contributed by atoms with Gasteiger partial charge < -0.3 is 10.6 Å². The fourth-order valence-electron chi connectivity index (χ4n) is 3.73. The molecule has 7 nitrogen and oxygen atoms in total. The Bertz CT molecular complexity index is 862. The van der Waals surface area contributed by atoms with Gasteiger partial charge in [0, 0.05) is 29.2 Å². The van der Waals surface area contributed by atoms with E-state index in [0.717, 1.165) is 31.6 Å². The van der Waals surface area contributed by atoms with Gasteiger partial charge in [-0.15, -0.1) is 0 Å². The van der Waals surface area contributed by atoms with Crippen molar-refractivity contribution in [1.82, 2.24) is 10.2 Å². The van der Waals surface area contributed by atoms with Gasteiger partial charge in [0.2, 0.25) is 5.91 Å². The molecule has 154 valence electrons. The van der Waals surface area contributed by atoms with Gasteiger partial charge in [-0.1, -0.05) is 37.3 Å². The average Bonchev–Trinajstić information content (AvgIpc) is 3.18. The van der Waals surface area contributed by atoms with Crippen molar-refractivity contribution in [2.45, 2.75) is 31.8 Å². The second kappa shape index (κ2) is 9.96. The molecule has 1 aliphatic rings. The highest BCUT2D eigenvalue weighted by atomic mass is 79.9. The van der Waals surface area contributed by atoms with Crippen LogP contribution in [-0.4, -0.2) is 41.4 Å². The van der Waals surface area contributed by atoms with Gasteiger partial charge in [0.25, 0.3) is 5.69 Å². The van der Waals surface area contributed by atoms with Crippen molar-refractivity contribution in [3.8, 4) is 0 Å². The lowest BCUT2D eigenvalue weighted by molar-refractivity contribution is -0.384. The van der Waals surface area contributed by atoms with Gasteiger partial charge in [0.15, 0.2) is 0 Å². The van der Waals surface area contributed by atoms with Crippen molar-refractivity contribution in [2.24, 2.45) is 0 Å². The normalized spacial score (nSPS) is 17.8. The number of anilines is 1. The van der Waals surface area contributed by atoms with Gasteiger partial charge in [0.05, 0.1) is 10.6 Å². The van der Waals surface area contributed by atoms with Gasteiger partial charge >= 0.3 is 0 Å². The highest BCUT2D eigenvalue weighted by Gasteiger charge is 2.27. The summed E-state index contributed by atoms with van der Waals surface area (Å²) in [4.78, 5) is 26.0. The van der Waals surface area contributed by atoms with E-state index in [4.69, 9.17) is 0 Å². The van der Waals surface area contributed by atoms with Crippen LogP contribution in [0.15, 0.2) is 53.0 Å². The molecule has 1 amide bonds. The van der Waals surface area contributed by atoms with Gasteiger partial charge in [-0.25, -0.2) is 0 Å². The molecular formula is C21H25BrN4O3. The lowest BCUT2D eigenvalue weighted by atomic mass is 10.1. The molecule has 2 aromatic rings. The van der Waals surface area contributed by atoms with Crippen LogP contribution in [0.5, 0.6) is 0 Å². The number of nitrogens with one attached hydrogen (secondary N) is 2. The van der Waals surface area contributed by atoms with Crippen LogP contribution in [0.25, 0.3) is 0 Å². The quantitative estimate of drug-likeness (QED) is 0.457. The van der Waals surface area contributed by atoms with Crippen LogP contribution in [0.3, 0.4) is 0 Å². The smallest absolute Gasteiger partial charge is 0.270 e.